The summed E-state index contributed by atoms with van der Waals surface area (Å²) < 4.78 is 0. The molecule has 0 spiro atoms. The van der Waals surface area contributed by atoms with E-state index in [0.717, 1.165) is 33.4 Å². The maximum absolute atomic E-state index is 11.4. The van der Waals surface area contributed by atoms with Crippen LogP contribution >= 0.6 is 0 Å². The number of nitrogens with zero attached hydrogens (tertiary/aromatic N) is 3. The molecule has 318 valence electrons. The monoisotopic (exact) mass is 798 g/mol. The number of hydrogen-bond acceptors (Lipinski definition) is 15. The molecule has 1 aliphatic heterocycles. The van der Waals surface area contributed by atoms with Gasteiger partial charge in [0.2, 0.25) is 0 Å². The number of aryl methyl sites for hydroxylation is 3. The molecule has 1 heterocycles. The van der Waals surface area contributed by atoms with Gasteiger partial charge < -0.3 is 61.9 Å². The van der Waals surface area contributed by atoms with Crippen LogP contribution in [0, 0.1) is 20.8 Å². The molecule has 0 saturated carbocycles. The van der Waals surface area contributed by atoms with Gasteiger partial charge in [0.1, 0.15) is 17.2 Å². The van der Waals surface area contributed by atoms with Crippen molar-refractivity contribution < 1.29 is 46.0 Å². The summed E-state index contributed by atoms with van der Waals surface area (Å²) in [5, 5.41) is 101. The second kappa shape index (κ2) is 23.2. The van der Waals surface area contributed by atoms with E-state index >= 15 is 0 Å². The molecule has 0 unspecified atom stereocenters. The molecule has 12 N–H and O–H groups in total. The lowest BCUT2D eigenvalue weighted by molar-refractivity contribution is 0.169. The van der Waals surface area contributed by atoms with Crippen molar-refractivity contribution in [2.45, 2.75) is 78.2 Å². The number of phenols is 3. The Morgan fingerprint density at radius 2 is 0.614 bits per heavy atom. The SMILES string of the molecule is Cc1cc(CNC(CO)CO)c(O)c(CN2CCN(Cc3cc(C)cc(CNC(CO)CO)c3O)CCN(Cc3cc(C)cc(CNC(CO)CO)c3O)CC2)c1. The van der Waals surface area contributed by atoms with Crippen molar-refractivity contribution in [3.8, 4) is 17.2 Å². The molecule has 15 heteroatoms. The third-order valence-corrected chi connectivity index (χ3v) is 10.7. The molecule has 1 fully saturated rings. The molecule has 4 rings (SSSR count). The fourth-order valence-electron chi connectivity index (χ4n) is 7.27. The van der Waals surface area contributed by atoms with Gasteiger partial charge >= 0.3 is 0 Å². The van der Waals surface area contributed by atoms with Gasteiger partial charge in [0.15, 0.2) is 0 Å². The van der Waals surface area contributed by atoms with Crippen molar-refractivity contribution >= 4 is 0 Å². The van der Waals surface area contributed by atoms with Gasteiger partial charge in [-0.1, -0.05) is 53.1 Å². The fraction of sp³-hybridized carbons (Fsp3) is 0.571. The zero-order chi connectivity index (χ0) is 41.5. The lowest BCUT2D eigenvalue weighted by Gasteiger charge is -2.27. The van der Waals surface area contributed by atoms with Gasteiger partial charge in [-0.25, -0.2) is 0 Å². The van der Waals surface area contributed by atoms with Gasteiger partial charge in [-0.05, 0) is 20.8 Å². The van der Waals surface area contributed by atoms with E-state index in [2.05, 4.69) is 30.7 Å². The molecule has 0 radical (unpaired) electrons. The minimum atomic E-state index is -0.500. The quantitative estimate of drug-likeness (QED) is 0.0675. The van der Waals surface area contributed by atoms with Crippen LogP contribution in [-0.4, -0.2) is 158 Å². The molecule has 1 saturated heterocycles. The zero-order valence-corrected chi connectivity index (χ0v) is 33.8. The van der Waals surface area contributed by atoms with E-state index in [4.69, 9.17) is 0 Å². The predicted octanol–water partition coefficient (Wildman–Crippen LogP) is -0.123. The van der Waals surface area contributed by atoms with E-state index in [9.17, 15) is 46.0 Å². The van der Waals surface area contributed by atoms with Crippen LogP contribution in [0.25, 0.3) is 0 Å². The van der Waals surface area contributed by atoms with Crippen molar-refractivity contribution in [2.24, 2.45) is 0 Å². The van der Waals surface area contributed by atoms with Crippen molar-refractivity contribution in [2.75, 3.05) is 78.9 Å². The van der Waals surface area contributed by atoms with E-state index in [1.54, 1.807) is 0 Å². The molecule has 57 heavy (non-hydrogen) atoms. The zero-order valence-electron chi connectivity index (χ0n) is 33.8. The van der Waals surface area contributed by atoms with Crippen LogP contribution in [0.2, 0.25) is 0 Å². The number of benzene rings is 3. The van der Waals surface area contributed by atoms with Gasteiger partial charge in [-0.2, -0.15) is 0 Å². The molecule has 0 aromatic heterocycles. The average molecular weight is 799 g/mol. The van der Waals surface area contributed by atoms with Gasteiger partial charge in [-0.3, -0.25) is 14.7 Å². The van der Waals surface area contributed by atoms with Crippen LogP contribution in [0.5, 0.6) is 17.2 Å². The summed E-state index contributed by atoms with van der Waals surface area (Å²) in [6, 6.07) is 10.1. The number of aliphatic hydroxyl groups is 6. The topological polar surface area (TPSA) is 228 Å². The largest absolute Gasteiger partial charge is 0.507 e. The van der Waals surface area contributed by atoms with Gasteiger partial charge in [0, 0.05) is 112 Å². The highest BCUT2D eigenvalue weighted by Crippen LogP contribution is 2.30. The third-order valence-electron chi connectivity index (χ3n) is 10.7. The van der Waals surface area contributed by atoms with Crippen LogP contribution in [0.1, 0.15) is 50.1 Å². The van der Waals surface area contributed by atoms with E-state index in [1.807, 2.05) is 57.2 Å². The molecule has 0 atom stereocenters. The Morgan fingerprint density at radius 3 is 0.825 bits per heavy atom. The standard InChI is InChI=1S/C42H66N6O9/c1-28-10-31(16-43-37(22-49)23-50)40(55)34(13-28)19-46-4-6-47(20-35-14-29(2)11-32(41(35)56)17-44-38(24-51)25-52)8-9-48(7-5-46)21-36-15-30(3)12-33(42(36)57)18-45-39(26-53)27-54/h10-15,37-39,43-45,49-57H,4-9,16-27H2,1-3H3. The van der Waals surface area contributed by atoms with Crippen LogP contribution in [-0.2, 0) is 39.3 Å². The number of rotatable bonds is 21. The molecule has 3 aromatic rings. The lowest BCUT2D eigenvalue weighted by Crippen LogP contribution is -2.36. The van der Waals surface area contributed by atoms with Gasteiger partial charge in [0.25, 0.3) is 0 Å². The summed E-state index contributed by atoms with van der Waals surface area (Å²) in [7, 11) is 0. The minimum absolute atomic E-state index is 0.169. The first-order valence-corrected chi connectivity index (χ1v) is 19.9. The minimum Gasteiger partial charge on any atom is -0.507 e. The normalized spacial score (nSPS) is 15.2. The molecule has 15 nitrogen and oxygen atoms in total. The highest BCUT2D eigenvalue weighted by molar-refractivity contribution is 5.45. The highest BCUT2D eigenvalue weighted by Gasteiger charge is 2.22. The summed E-state index contributed by atoms with van der Waals surface area (Å²) in [5.41, 5.74) is 7.27. The van der Waals surface area contributed by atoms with Crippen LogP contribution in [0.3, 0.4) is 0 Å². The maximum Gasteiger partial charge on any atom is 0.124 e. The number of aliphatic hydroxyl groups excluding tert-OH is 6. The van der Waals surface area contributed by atoms with Gasteiger partial charge in [0.05, 0.1) is 57.8 Å². The molecule has 1 aliphatic rings. The lowest BCUT2D eigenvalue weighted by atomic mass is 10.0. The smallest absolute Gasteiger partial charge is 0.124 e. The van der Waals surface area contributed by atoms with Crippen molar-refractivity contribution in [1.29, 1.82) is 0 Å². The summed E-state index contributed by atoms with van der Waals surface area (Å²) in [6.07, 6.45) is 0. The summed E-state index contributed by atoms with van der Waals surface area (Å²) >= 11 is 0. The van der Waals surface area contributed by atoms with E-state index in [1.165, 1.54) is 0 Å². The summed E-state index contributed by atoms with van der Waals surface area (Å²) in [6.45, 7) is 10.8. The molecular formula is C42H66N6O9. The van der Waals surface area contributed by atoms with Crippen LogP contribution < -0.4 is 16.0 Å². The summed E-state index contributed by atoms with van der Waals surface area (Å²) in [4.78, 5) is 6.89. The first-order chi connectivity index (χ1) is 27.4. The maximum atomic E-state index is 11.4. The van der Waals surface area contributed by atoms with Gasteiger partial charge in [-0.15, -0.1) is 0 Å². The Morgan fingerprint density at radius 1 is 0.404 bits per heavy atom. The molecule has 0 amide bonds. The Bertz CT molecular complexity index is 1480. The van der Waals surface area contributed by atoms with Crippen molar-refractivity contribution in [1.82, 2.24) is 30.7 Å². The van der Waals surface area contributed by atoms with Crippen molar-refractivity contribution in [3.05, 3.63) is 86.5 Å². The van der Waals surface area contributed by atoms with Crippen LogP contribution in [0.4, 0.5) is 0 Å². The molecule has 0 bridgehead atoms. The Balaban J connectivity index is 1.61. The number of phenolic OH excluding ortho intramolecular Hbond substituents is 3. The van der Waals surface area contributed by atoms with Crippen LogP contribution in [0.15, 0.2) is 36.4 Å². The molecule has 0 aliphatic carbocycles. The predicted molar refractivity (Wildman–Crippen MR) is 219 cm³/mol. The van der Waals surface area contributed by atoms with Crippen molar-refractivity contribution in [3.63, 3.8) is 0 Å². The Kier molecular flexibility index (Phi) is 18.9. The second-order valence-corrected chi connectivity index (χ2v) is 15.5. The Hall–Kier alpha value is -3.42. The number of nitrogens with one attached hydrogen (secondary N) is 3. The third kappa shape index (κ3) is 13.8. The first kappa shape index (κ1) is 46.3. The molecule has 3 aromatic carbocycles. The number of hydrogen-bond donors (Lipinski definition) is 12. The Labute approximate surface area is 336 Å². The second-order valence-electron chi connectivity index (χ2n) is 15.5. The average Bonchev–Trinajstić information content (AvgIpc) is 3.28. The van der Waals surface area contributed by atoms with E-state index in [-0.39, 0.29) is 76.5 Å². The van der Waals surface area contributed by atoms with E-state index < -0.39 is 18.1 Å². The summed E-state index contributed by atoms with van der Waals surface area (Å²) in [5.74, 6) is 0.506. The first-order valence-electron chi connectivity index (χ1n) is 19.9. The highest BCUT2D eigenvalue weighted by atomic mass is 16.3. The fourth-order valence-corrected chi connectivity index (χ4v) is 7.27. The van der Waals surface area contributed by atoms with E-state index in [0.29, 0.717) is 75.6 Å². The number of aromatic hydroxyl groups is 3. The molecular weight excluding hydrogens is 732 g/mol.